The van der Waals surface area contributed by atoms with Crippen LogP contribution in [0.4, 0.5) is 17.1 Å². The third-order valence-electron chi connectivity index (χ3n) is 5.66. The Labute approximate surface area is 191 Å². The SMILES string of the molecule is O=C1[C@@H]2[C@@H](ON(c3ccccc3)[C@H]2c2ccc(Br)cc2)C(=O)N1c1ccc([N+](=O)[O-])cc1. The monoisotopic (exact) mass is 493 g/mol. The number of halogens is 1. The summed E-state index contributed by atoms with van der Waals surface area (Å²) in [5.74, 6) is -1.66. The molecule has 32 heavy (non-hydrogen) atoms. The molecule has 2 saturated heterocycles. The smallest absolute Gasteiger partial charge is 0.269 e. The average molecular weight is 494 g/mol. The first-order valence-electron chi connectivity index (χ1n) is 9.84. The zero-order valence-electron chi connectivity index (χ0n) is 16.5. The number of rotatable bonds is 4. The Morgan fingerprint density at radius 3 is 2.12 bits per heavy atom. The van der Waals surface area contributed by atoms with E-state index in [0.29, 0.717) is 0 Å². The summed E-state index contributed by atoms with van der Waals surface area (Å²) in [6.45, 7) is 0. The maximum absolute atomic E-state index is 13.5. The number of para-hydroxylation sites is 1. The van der Waals surface area contributed by atoms with Gasteiger partial charge in [-0.25, -0.2) is 9.96 Å². The van der Waals surface area contributed by atoms with Crippen molar-refractivity contribution in [2.24, 2.45) is 5.92 Å². The molecular formula is C23H16BrN3O5. The maximum Gasteiger partial charge on any atom is 0.269 e. The van der Waals surface area contributed by atoms with Crippen molar-refractivity contribution in [3.05, 3.63) is 99.0 Å². The lowest BCUT2D eigenvalue weighted by Crippen LogP contribution is -2.37. The van der Waals surface area contributed by atoms with Crippen molar-refractivity contribution < 1.29 is 19.3 Å². The van der Waals surface area contributed by atoms with Crippen LogP contribution < -0.4 is 9.96 Å². The number of hydrogen-bond acceptors (Lipinski definition) is 6. The van der Waals surface area contributed by atoms with Gasteiger partial charge in [0.25, 0.3) is 11.6 Å². The van der Waals surface area contributed by atoms with E-state index in [0.717, 1.165) is 20.6 Å². The van der Waals surface area contributed by atoms with Crippen LogP contribution in [0.2, 0.25) is 0 Å². The number of fused-ring (bicyclic) bond motifs is 1. The van der Waals surface area contributed by atoms with E-state index in [1.54, 1.807) is 5.06 Å². The van der Waals surface area contributed by atoms with Crippen LogP contribution in [0.1, 0.15) is 11.6 Å². The Hall–Kier alpha value is -3.56. The number of carbonyl (C=O) groups excluding carboxylic acids is 2. The normalized spacial score (nSPS) is 22.3. The second kappa shape index (κ2) is 7.85. The first-order valence-corrected chi connectivity index (χ1v) is 10.6. The van der Waals surface area contributed by atoms with E-state index >= 15 is 0 Å². The summed E-state index contributed by atoms with van der Waals surface area (Å²) in [5, 5.41) is 12.6. The lowest BCUT2D eigenvalue weighted by Gasteiger charge is -2.28. The van der Waals surface area contributed by atoms with Crippen molar-refractivity contribution in [2.45, 2.75) is 12.1 Å². The highest BCUT2D eigenvalue weighted by atomic mass is 79.9. The Kier molecular flexibility index (Phi) is 4.99. The van der Waals surface area contributed by atoms with Crippen LogP contribution in [0.3, 0.4) is 0 Å². The van der Waals surface area contributed by atoms with Crippen LogP contribution in [0.15, 0.2) is 83.3 Å². The zero-order chi connectivity index (χ0) is 22.4. The standard InChI is InChI=1S/C23H16BrN3O5/c24-15-8-6-14(7-9-15)20-19-21(32-26(20)17-4-2-1-3-5-17)23(29)25(22(19)28)16-10-12-18(13-11-16)27(30)31/h1-13,19-21H/t19-,20-,21+/m0/s1. The lowest BCUT2D eigenvalue weighted by atomic mass is 9.90. The van der Waals surface area contributed by atoms with E-state index < -0.39 is 34.8 Å². The number of imide groups is 1. The van der Waals surface area contributed by atoms with Crippen LogP contribution in [-0.2, 0) is 14.4 Å². The van der Waals surface area contributed by atoms with Crippen molar-refractivity contribution in [3.63, 3.8) is 0 Å². The molecule has 3 aromatic carbocycles. The highest BCUT2D eigenvalue weighted by Gasteiger charge is 2.60. The van der Waals surface area contributed by atoms with Gasteiger partial charge in [-0.15, -0.1) is 0 Å². The van der Waals surface area contributed by atoms with Gasteiger partial charge in [0.15, 0.2) is 6.10 Å². The zero-order valence-corrected chi connectivity index (χ0v) is 18.1. The summed E-state index contributed by atoms with van der Waals surface area (Å²) < 4.78 is 0.893. The van der Waals surface area contributed by atoms with Crippen LogP contribution >= 0.6 is 15.9 Å². The molecule has 0 aliphatic carbocycles. The second-order valence-corrected chi connectivity index (χ2v) is 8.41. The molecule has 0 aromatic heterocycles. The third-order valence-corrected chi connectivity index (χ3v) is 6.19. The molecule has 2 amide bonds. The van der Waals surface area contributed by atoms with E-state index in [9.17, 15) is 19.7 Å². The summed E-state index contributed by atoms with van der Waals surface area (Å²) in [7, 11) is 0. The molecule has 8 nitrogen and oxygen atoms in total. The van der Waals surface area contributed by atoms with Gasteiger partial charge in [0.1, 0.15) is 5.92 Å². The molecule has 2 heterocycles. The first-order chi connectivity index (χ1) is 15.5. The minimum Gasteiger partial charge on any atom is -0.273 e. The lowest BCUT2D eigenvalue weighted by molar-refractivity contribution is -0.384. The average Bonchev–Trinajstić information content (AvgIpc) is 3.31. The third kappa shape index (κ3) is 3.26. The van der Waals surface area contributed by atoms with Gasteiger partial charge in [-0.3, -0.25) is 24.5 Å². The number of amides is 2. The number of nitro groups is 1. The fourth-order valence-electron chi connectivity index (χ4n) is 4.19. The number of anilines is 2. The first kappa shape index (κ1) is 20.3. The van der Waals surface area contributed by atoms with Crippen molar-refractivity contribution in [2.75, 3.05) is 9.96 Å². The van der Waals surface area contributed by atoms with Crippen molar-refractivity contribution in [1.82, 2.24) is 0 Å². The van der Waals surface area contributed by atoms with Crippen molar-refractivity contribution >= 4 is 44.8 Å². The summed E-state index contributed by atoms with van der Waals surface area (Å²) in [6, 6.07) is 21.7. The fourth-order valence-corrected chi connectivity index (χ4v) is 4.45. The summed E-state index contributed by atoms with van der Waals surface area (Å²) in [6.07, 6.45) is -0.994. The summed E-state index contributed by atoms with van der Waals surface area (Å²) in [4.78, 5) is 44.3. The van der Waals surface area contributed by atoms with E-state index in [-0.39, 0.29) is 11.4 Å². The number of hydroxylamine groups is 1. The fraction of sp³-hybridized carbons (Fsp3) is 0.130. The molecule has 2 fully saturated rings. The van der Waals surface area contributed by atoms with Crippen LogP contribution in [0.5, 0.6) is 0 Å². The number of hydrogen-bond donors (Lipinski definition) is 0. The van der Waals surface area contributed by atoms with Crippen molar-refractivity contribution in [1.29, 1.82) is 0 Å². The minimum absolute atomic E-state index is 0.118. The van der Waals surface area contributed by atoms with Gasteiger partial charge in [-0.2, -0.15) is 0 Å². The van der Waals surface area contributed by atoms with Gasteiger partial charge in [0, 0.05) is 16.6 Å². The minimum atomic E-state index is -0.994. The second-order valence-electron chi connectivity index (χ2n) is 7.49. The molecule has 0 radical (unpaired) electrons. The van der Waals surface area contributed by atoms with E-state index in [4.69, 9.17) is 4.84 Å². The molecule has 9 heteroatoms. The number of non-ortho nitro benzene ring substituents is 1. The Balaban J connectivity index is 1.55. The van der Waals surface area contributed by atoms with E-state index in [2.05, 4.69) is 15.9 Å². The van der Waals surface area contributed by atoms with E-state index in [1.807, 2.05) is 54.6 Å². The molecule has 2 aliphatic heterocycles. The molecule has 2 aliphatic rings. The predicted molar refractivity (Wildman–Crippen MR) is 120 cm³/mol. The Morgan fingerprint density at radius 1 is 0.844 bits per heavy atom. The van der Waals surface area contributed by atoms with Gasteiger partial charge in [0.2, 0.25) is 5.91 Å². The molecule has 0 N–H and O–H groups in total. The van der Waals surface area contributed by atoms with E-state index in [1.165, 1.54) is 24.3 Å². The Bertz CT molecular complexity index is 1200. The van der Waals surface area contributed by atoms with Gasteiger partial charge < -0.3 is 0 Å². The van der Waals surface area contributed by atoms with Gasteiger partial charge >= 0.3 is 0 Å². The van der Waals surface area contributed by atoms with Gasteiger partial charge in [-0.05, 0) is 42.0 Å². The van der Waals surface area contributed by atoms with Crippen LogP contribution in [-0.4, -0.2) is 22.8 Å². The van der Waals surface area contributed by atoms with Crippen molar-refractivity contribution in [3.8, 4) is 0 Å². The number of benzene rings is 3. The topological polar surface area (TPSA) is 93.0 Å². The molecule has 3 aromatic rings. The number of nitro benzene ring substituents is 1. The highest BCUT2D eigenvalue weighted by Crippen LogP contribution is 2.47. The highest BCUT2D eigenvalue weighted by molar-refractivity contribution is 9.10. The van der Waals surface area contributed by atoms with Gasteiger partial charge in [-0.1, -0.05) is 46.3 Å². The number of nitrogens with zero attached hydrogens (tertiary/aromatic N) is 3. The molecule has 0 spiro atoms. The molecule has 0 saturated carbocycles. The number of carbonyl (C=O) groups is 2. The molecule has 5 rings (SSSR count). The molecular weight excluding hydrogens is 478 g/mol. The molecule has 0 unspecified atom stereocenters. The summed E-state index contributed by atoms with van der Waals surface area (Å²) >= 11 is 3.43. The quantitative estimate of drug-likeness (QED) is 0.303. The molecule has 0 bridgehead atoms. The molecule has 160 valence electrons. The van der Waals surface area contributed by atoms with Gasteiger partial charge in [0.05, 0.1) is 22.3 Å². The Morgan fingerprint density at radius 2 is 1.50 bits per heavy atom. The largest absolute Gasteiger partial charge is 0.273 e. The summed E-state index contributed by atoms with van der Waals surface area (Å²) in [5.41, 5.74) is 1.73. The molecule has 3 atom stereocenters. The maximum atomic E-state index is 13.5. The van der Waals surface area contributed by atoms with Crippen LogP contribution in [0, 0.1) is 16.0 Å². The van der Waals surface area contributed by atoms with Crippen LogP contribution in [0.25, 0.3) is 0 Å². The predicted octanol–water partition coefficient (Wildman–Crippen LogP) is 4.41.